The highest BCUT2D eigenvalue weighted by molar-refractivity contribution is 6.31. The molecule has 7 heteroatoms. The topological polar surface area (TPSA) is 64.3 Å². The van der Waals surface area contributed by atoms with Crippen LogP contribution in [0, 0.1) is 5.92 Å². The van der Waals surface area contributed by atoms with Crippen molar-refractivity contribution in [2.24, 2.45) is 5.92 Å². The first-order valence-electron chi connectivity index (χ1n) is 8.37. The second-order valence-corrected chi connectivity index (χ2v) is 7.36. The van der Waals surface area contributed by atoms with E-state index in [2.05, 4.69) is 11.6 Å². The summed E-state index contributed by atoms with van der Waals surface area (Å²) in [6, 6.07) is 9.16. The number of halogens is 2. The van der Waals surface area contributed by atoms with Crippen molar-refractivity contribution in [3.8, 4) is 0 Å². The molecule has 0 radical (unpaired) electrons. The molecule has 27 heavy (non-hydrogen) atoms. The fourth-order valence-corrected chi connectivity index (χ4v) is 3.65. The number of nitrogens with zero attached hydrogens (tertiary/aromatic N) is 2. The molecule has 5 nitrogen and oxygen atoms in total. The van der Waals surface area contributed by atoms with Crippen LogP contribution in [0.15, 0.2) is 54.9 Å². The summed E-state index contributed by atoms with van der Waals surface area (Å²) < 4.78 is 7.03. The van der Waals surface area contributed by atoms with Gasteiger partial charge in [0, 0.05) is 46.0 Å². The fraction of sp³-hybridized carbons (Fsp3) is 0.200. The Hall–Kier alpha value is -2.34. The van der Waals surface area contributed by atoms with Gasteiger partial charge in [-0.15, -0.1) is 0 Å². The number of aliphatic hydroxyl groups excluding tert-OH is 1. The van der Waals surface area contributed by atoms with Crippen molar-refractivity contribution in [2.45, 2.75) is 12.6 Å². The lowest BCUT2D eigenvalue weighted by molar-refractivity contribution is -0.135. The van der Waals surface area contributed by atoms with Crippen LogP contribution in [0.2, 0.25) is 10.2 Å². The van der Waals surface area contributed by atoms with E-state index in [1.165, 1.54) is 0 Å². The molecule has 0 bridgehead atoms. The quantitative estimate of drug-likeness (QED) is 0.404. The molecule has 0 aliphatic carbocycles. The molecule has 2 unspecified atom stereocenters. The average Bonchev–Trinajstić information content (AvgIpc) is 3.17. The molecular weight excluding hydrogens is 387 g/mol. The van der Waals surface area contributed by atoms with Crippen LogP contribution in [-0.4, -0.2) is 27.2 Å². The van der Waals surface area contributed by atoms with Gasteiger partial charge in [0.2, 0.25) is 0 Å². The van der Waals surface area contributed by atoms with Crippen molar-refractivity contribution in [2.75, 3.05) is 6.61 Å². The highest BCUT2D eigenvalue weighted by atomic mass is 35.5. The minimum Gasteiger partial charge on any atom is -0.462 e. The third-order valence-electron chi connectivity index (χ3n) is 4.82. The predicted octanol–water partition coefficient (Wildman–Crippen LogP) is 4.15. The molecule has 1 aliphatic rings. The molecule has 4 rings (SSSR count). The smallest absolute Gasteiger partial charge is 0.333 e. The number of carbonyl (C=O) groups excluding carboxylic acids is 1. The Kier molecular flexibility index (Phi) is 4.68. The zero-order valence-corrected chi connectivity index (χ0v) is 15.7. The van der Waals surface area contributed by atoms with Gasteiger partial charge in [-0.2, -0.15) is 0 Å². The van der Waals surface area contributed by atoms with E-state index >= 15 is 0 Å². The maximum absolute atomic E-state index is 11.6. The Morgan fingerprint density at radius 1 is 1.33 bits per heavy atom. The Morgan fingerprint density at radius 3 is 2.81 bits per heavy atom. The van der Waals surface area contributed by atoms with Crippen LogP contribution in [0.25, 0.3) is 10.9 Å². The molecule has 0 amide bonds. The maximum atomic E-state index is 11.6. The third kappa shape index (κ3) is 3.34. The largest absolute Gasteiger partial charge is 0.462 e. The van der Waals surface area contributed by atoms with E-state index in [4.69, 9.17) is 27.9 Å². The number of hydrogen-bond donors (Lipinski definition) is 1. The Bertz CT molecular complexity index is 1040. The number of esters is 1. The molecule has 3 heterocycles. The van der Waals surface area contributed by atoms with Gasteiger partial charge in [-0.1, -0.05) is 35.8 Å². The van der Waals surface area contributed by atoms with Crippen LogP contribution in [0.5, 0.6) is 0 Å². The number of cyclic esters (lactones) is 1. The van der Waals surface area contributed by atoms with Gasteiger partial charge in [0.05, 0.1) is 12.0 Å². The number of rotatable bonds is 4. The summed E-state index contributed by atoms with van der Waals surface area (Å²) in [5, 5.41) is 12.8. The van der Waals surface area contributed by atoms with E-state index in [0.29, 0.717) is 22.3 Å². The number of aliphatic hydroxyl groups is 1. The first kappa shape index (κ1) is 18.0. The van der Waals surface area contributed by atoms with Gasteiger partial charge in [-0.05, 0) is 29.8 Å². The average molecular weight is 403 g/mol. The van der Waals surface area contributed by atoms with Gasteiger partial charge >= 0.3 is 5.97 Å². The maximum Gasteiger partial charge on any atom is 0.333 e. The monoisotopic (exact) mass is 402 g/mol. The van der Waals surface area contributed by atoms with E-state index in [1.54, 1.807) is 18.3 Å². The molecule has 1 fully saturated rings. The van der Waals surface area contributed by atoms with Gasteiger partial charge in [0.15, 0.2) is 0 Å². The molecule has 138 valence electrons. The van der Waals surface area contributed by atoms with Crippen molar-refractivity contribution < 1.29 is 14.6 Å². The Morgan fingerprint density at radius 2 is 2.15 bits per heavy atom. The molecular formula is C20H16Cl2N2O3. The lowest BCUT2D eigenvalue weighted by atomic mass is 9.92. The first-order chi connectivity index (χ1) is 12.9. The SMILES string of the molecule is C=C1C(=O)OCC1C(O)c1cn(Cc2ccc(Cl)nc2)c2ccc(Cl)cc12. The van der Waals surface area contributed by atoms with E-state index in [-0.39, 0.29) is 12.2 Å². The van der Waals surface area contributed by atoms with Crippen LogP contribution >= 0.6 is 23.2 Å². The molecule has 1 saturated heterocycles. The van der Waals surface area contributed by atoms with Crippen molar-refractivity contribution in [1.82, 2.24) is 9.55 Å². The highest BCUT2D eigenvalue weighted by Crippen LogP contribution is 2.37. The lowest BCUT2D eigenvalue weighted by Gasteiger charge is -2.15. The van der Waals surface area contributed by atoms with Gasteiger partial charge in [0.1, 0.15) is 11.8 Å². The number of ether oxygens (including phenoxy) is 1. The van der Waals surface area contributed by atoms with E-state index < -0.39 is 18.0 Å². The number of benzene rings is 1. The van der Waals surface area contributed by atoms with Gasteiger partial charge in [-0.25, -0.2) is 9.78 Å². The highest BCUT2D eigenvalue weighted by Gasteiger charge is 2.36. The summed E-state index contributed by atoms with van der Waals surface area (Å²) in [7, 11) is 0. The van der Waals surface area contributed by atoms with Crippen molar-refractivity contribution >= 4 is 40.1 Å². The molecule has 0 spiro atoms. The van der Waals surface area contributed by atoms with E-state index in [9.17, 15) is 9.90 Å². The number of fused-ring (bicyclic) bond motifs is 1. The van der Waals surface area contributed by atoms with Crippen LogP contribution in [0.3, 0.4) is 0 Å². The third-order valence-corrected chi connectivity index (χ3v) is 5.28. The second-order valence-electron chi connectivity index (χ2n) is 6.54. The molecule has 1 N–H and O–H groups in total. The summed E-state index contributed by atoms with van der Waals surface area (Å²) in [4.78, 5) is 15.7. The zero-order valence-electron chi connectivity index (χ0n) is 14.2. The molecule has 2 aromatic heterocycles. The van der Waals surface area contributed by atoms with Crippen molar-refractivity contribution in [1.29, 1.82) is 0 Å². The Balaban J connectivity index is 1.76. The minimum absolute atomic E-state index is 0.118. The molecule has 1 aromatic carbocycles. The molecule has 2 atom stereocenters. The lowest BCUT2D eigenvalue weighted by Crippen LogP contribution is -2.14. The van der Waals surface area contributed by atoms with Crippen LogP contribution in [0.1, 0.15) is 17.2 Å². The van der Waals surface area contributed by atoms with Crippen LogP contribution in [-0.2, 0) is 16.1 Å². The normalized spacial score (nSPS) is 18.1. The summed E-state index contributed by atoms with van der Waals surface area (Å²) >= 11 is 12.0. The van der Waals surface area contributed by atoms with Crippen LogP contribution < -0.4 is 0 Å². The predicted molar refractivity (Wildman–Crippen MR) is 104 cm³/mol. The van der Waals surface area contributed by atoms with Crippen LogP contribution in [0.4, 0.5) is 0 Å². The zero-order chi connectivity index (χ0) is 19.1. The number of pyridine rings is 1. The number of hydrogen-bond acceptors (Lipinski definition) is 4. The molecule has 0 saturated carbocycles. The number of carbonyl (C=O) groups is 1. The summed E-state index contributed by atoms with van der Waals surface area (Å²) in [6.45, 7) is 4.43. The van der Waals surface area contributed by atoms with Gasteiger partial charge in [-0.3, -0.25) is 0 Å². The minimum atomic E-state index is -0.922. The molecule has 1 aliphatic heterocycles. The van der Waals surface area contributed by atoms with Gasteiger partial charge in [0.25, 0.3) is 0 Å². The van der Waals surface area contributed by atoms with E-state index in [1.807, 2.05) is 29.0 Å². The standard InChI is InChI=1S/C20H16Cl2N2O3/c1-11-16(10-27-20(11)26)19(25)15-9-24(8-12-2-5-18(22)23-7-12)17-4-3-13(21)6-14(15)17/h2-7,9,16,19,25H,1,8,10H2. The second kappa shape index (κ2) is 7.00. The van der Waals surface area contributed by atoms with Crippen molar-refractivity contribution in [3.05, 3.63) is 76.2 Å². The fourth-order valence-electron chi connectivity index (χ4n) is 3.37. The summed E-state index contributed by atoms with van der Waals surface area (Å²) in [6.07, 6.45) is 2.66. The van der Waals surface area contributed by atoms with Crippen molar-refractivity contribution in [3.63, 3.8) is 0 Å². The summed E-state index contributed by atoms with van der Waals surface area (Å²) in [5.74, 6) is -0.944. The Labute approximate surface area is 165 Å². The van der Waals surface area contributed by atoms with E-state index in [0.717, 1.165) is 16.5 Å². The number of aromatic nitrogens is 2. The first-order valence-corrected chi connectivity index (χ1v) is 9.12. The molecule has 3 aromatic rings. The van der Waals surface area contributed by atoms with Gasteiger partial charge < -0.3 is 14.4 Å². The summed E-state index contributed by atoms with van der Waals surface area (Å²) in [5.41, 5.74) is 2.85.